The summed E-state index contributed by atoms with van der Waals surface area (Å²) in [6.07, 6.45) is 0. The summed E-state index contributed by atoms with van der Waals surface area (Å²) >= 11 is 2.47. The number of halogens is 1. The molecule has 1 unspecified atom stereocenters. The molecule has 0 aliphatic rings. The molecule has 0 spiro atoms. The van der Waals surface area contributed by atoms with Gasteiger partial charge in [-0.25, -0.2) is 0 Å². The molecular formula is C15H24BrNO2S. The second kappa shape index (κ2) is 7.16. The van der Waals surface area contributed by atoms with E-state index in [1.807, 2.05) is 50.2 Å². The first-order chi connectivity index (χ1) is 9.22. The van der Waals surface area contributed by atoms with E-state index in [0.717, 1.165) is 22.3 Å². The van der Waals surface area contributed by atoms with Crippen LogP contribution < -0.4 is 4.74 Å². The third kappa shape index (κ3) is 4.13. The Kier molecular flexibility index (Phi) is 6.38. The van der Waals surface area contributed by atoms with Crippen molar-refractivity contribution in [3.05, 3.63) is 28.2 Å². The zero-order chi connectivity index (χ0) is 15.5. The van der Waals surface area contributed by atoms with Gasteiger partial charge in [-0.3, -0.25) is 0 Å². The minimum Gasteiger partial charge on any atom is -0.597 e. The molecule has 0 saturated carbocycles. The van der Waals surface area contributed by atoms with Gasteiger partial charge in [0.05, 0.1) is 17.6 Å². The molecule has 3 nitrogen and oxygen atoms in total. The van der Waals surface area contributed by atoms with Gasteiger partial charge in [-0.15, -0.1) is 4.31 Å². The second-order valence-electron chi connectivity index (χ2n) is 5.66. The lowest BCUT2D eigenvalue weighted by atomic mass is 10.1. The molecule has 2 atom stereocenters. The SMILES string of the molecule is CCN([C@H](C)c1ccc(OC)c(Br)c1)[S+]([O-])C(C)(C)C. The molecule has 114 valence electrons. The lowest BCUT2D eigenvalue weighted by Crippen LogP contribution is -2.44. The van der Waals surface area contributed by atoms with Crippen molar-refractivity contribution in [1.82, 2.24) is 4.31 Å². The van der Waals surface area contributed by atoms with Crippen LogP contribution in [0.15, 0.2) is 22.7 Å². The summed E-state index contributed by atoms with van der Waals surface area (Å²) in [6, 6.07) is 6.08. The van der Waals surface area contributed by atoms with E-state index in [9.17, 15) is 4.55 Å². The van der Waals surface area contributed by atoms with Gasteiger partial charge >= 0.3 is 0 Å². The molecule has 1 aromatic carbocycles. The molecule has 0 N–H and O–H groups in total. The normalized spacial score (nSPS) is 15.2. The fourth-order valence-electron chi connectivity index (χ4n) is 2.00. The van der Waals surface area contributed by atoms with Gasteiger partial charge in [0.15, 0.2) is 0 Å². The monoisotopic (exact) mass is 361 g/mol. The van der Waals surface area contributed by atoms with Gasteiger partial charge in [0.2, 0.25) is 0 Å². The number of hydrogen-bond donors (Lipinski definition) is 0. The van der Waals surface area contributed by atoms with Crippen molar-refractivity contribution >= 4 is 27.3 Å². The van der Waals surface area contributed by atoms with Gasteiger partial charge in [-0.2, -0.15) is 0 Å². The maximum atomic E-state index is 12.6. The Bertz CT molecular complexity index is 448. The second-order valence-corrected chi connectivity index (χ2v) is 8.71. The summed E-state index contributed by atoms with van der Waals surface area (Å²) in [6.45, 7) is 10.9. The van der Waals surface area contributed by atoms with Crippen LogP contribution in [0.25, 0.3) is 0 Å². The largest absolute Gasteiger partial charge is 0.597 e. The molecule has 0 amide bonds. The zero-order valence-corrected chi connectivity index (χ0v) is 15.5. The van der Waals surface area contributed by atoms with Crippen LogP contribution in [0.1, 0.15) is 46.2 Å². The van der Waals surface area contributed by atoms with Gasteiger partial charge < -0.3 is 9.29 Å². The number of benzene rings is 1. The van der Waals surface area contributed by atoms with Crippen LogP contribution >= 0.6 is 15.9 Å². The predicted molar refractivity (Wildman–Crippen MR) is 89.4 cm³/mol. The van der Waals surface area contributed by atoms with Crippen molar-refractivity contribution in [3.63, 3.8) is 0 Å². The van der Waals surface area contributed by atoms with Gasteiger partial charge in [-0.05, 0) is 68.2 Å². The quantitative estimate of drug-likeness (QED) is 0.733. The molecule has 0 aliphatic carbocycles. The summed E-state index contributed by atoms with van der Waals surface area (Å²) in [7, 11) is 1.65. The van der Waals surface area contributed by atoms with E-state index in [1.54, 1.807) is 7.11 Å². The molecule has 0 bridgehead atoms. The summed E-state index contributed by atoms with van der Waals surface area (Å²) < 4.78 is 20.6. The highest BCUT2D eigenvalue weighted by Crippen LogP contribution is 2.33. The third-order valence-corrected chi connectivity index (χ3v) is 5.81. The van der Waals surface area contributed by atoms with Crippen molar-refractivity contribution in [3.8, 4) is 5.75 Å². The molecule has 0 heterocycles. The highest BCUT2D eigenvalue weighted by molar-refractivity contribution is 9.10. The first-order valence-electron chi connectivity index (χ1n) is 6.74. The van der Waals surface area contributed by atoms with E-state index in [4.69, 9.17) is 4.74 Å². The van der Waals surface area contributed by atoms with Crippen LogP contribution in [-0.4, -0.2) is 27.3 Å². The number of ether oxygens (including phenoxy) is 1. The van der Waals surface area contributed by atoms with E-state index in [1.165, 1.54) is 0 Å². The summed E-state index contributed by atoms with van der Waals surface area (Å²) in [5, 5.41) is 0. The van der Waals surface area contributed by atoms with Crippen LogP contribution in [0.2, 0.25) is 0 Å². The minimum absolute atomic E-state index is 0.0854. The van der Waals surface area contributed by atoms with Crippen LogP contribution in [0.4, 0.5) is 0 Å². The molecule has 1 aromatic rings. The van der Waals surface area contributed by atoms with E-state index < -0.39 is 11.4 Å². The fraction of sp³-hybridized carbons (Fsp3) is 0.600. The molecule has 1 rings (SSSR count). The van der Waals surface area contributed by atoms with E-state index in [-0.39, 0.29) is 10.8 Å². The number of hydrogen-bond acceptors (Lipinski definition) is 3. The molecule has 0 radical (unpaired) electrons. The summed E-state index contributed by atoms with van der Waals surface area (Å²) in [4.78, 5) is 0. The molecule has 0 fully saturated rings. The molecule has 0 aromatic heterocycles. The highest BCUT2D eigenvalue weighted by atomic mass is 79.9. The topological polar surface area (TPSA) is 35.5 Å². The van der Waals surface area contributed by atoms with E-state index >= 15 is 0 Å². The Morgan fingerprint density at radius 3 is 2.40 bits per heavy atom. The van der Waals surface area contributed by atoms with Crippen LogP contribution in [-0.2, 0) is 11.4 Å². The van der Waals surface area contributed by atoms with Crippen molar-refractivity contribution in [1.29, 1.82) is 0 Å². The molecular weight excluding hydrogens is 338 g/mol. The van der Waals surface area contributed by atoms with Crippen LogP contribution in [0.3, 0.4) is 0 Å². The first kappa shape index (κ1) is 17.8. The maximum Gasteiger partial charge on any atom is 0.137 e. The third-order valence-electron chi connectivity index (χ3n) is 3.14. The molecule has 0 saturated heterocycles. The van der Waals surface area contributed by atoms with E-state index in [2.05, 4.69) is 22.9 Å². The van der Waals surface area contributed by atoms with Crippen molar-refractivity contribution in [2.45, 2.75) is 45.4 Å². The van der Waals surface area contributed by atoms with Crippen LogP contribution in [0.5, 0.6) is 5.75 Å². The smallest absolute Gasteiger partial charge is 0.137 e. The Labute approximate surface area is 134 Å². The summed E-state index contributed by atoms with van der Waals surface area (Å²) in [5.74, 6) is 0.806. The van der Waals surface area contributed by atoms with Gasteiger partial charge in [0, 0.05) is 17.9 Å². The van der Waals surface area contributed by atoms with Gasteiger partial charge in [0.1, 0.15) is 10.5 Å². The van der Waals surface area contributed by atoms with Gasteiger partial charge in [-0.1, -0.05) is 6.07 Å². The maximum absolute atomic E-state index is 12.6. The lowest BCUT2D eigenvalue weighted by molar-refractivity contribution is 0.344. The molecule has 20 heavy (non-hydrogen) atoms. The number of nitrogens with zero attached hydrogens (tertiary/aromatic N) is 1. The van der Waals surface area contributed by atoms with Crippen molar-refractivity contribution < 1.29 is 9.29 Å². The Morgan fingerprint density at radius 1 is 1.40 bits per heavy atom. The zero-order valence-electron chi connectivity index (χ0n) is 13.1. The average Bonchev–Trinajstić information content (AvgIpc) is 2.38. The Hall–Kier alpha value is -0.230. The summed E-state index contributed by atoms with van der Waals surface area (Å²) in [5.41, 5.74) is 1.12. The molecule has 5 heteroatoms. The average molecular weight is 362 g/mol. The van der Waals surface area contributed by atoms with Crippen molar-refractivity contribution in [2.24, 2.45) is 0 Å². The minimum atomic E-state index is -1.03. The predicted octanol–water partition coefficient (Wildman–Crippen LogP) is 4.30. The lowest BCUT2D eigenvalue weighted by Gasteiger charge is -2.35. The van der Waals surface area contributed by atoms with E-state index in [0.29, 0.717) is 0 Å². The first-order valence-corrected chi connectivity index (χ1v) is 8.64. The number of rotatable bonds is 5. The molecule has 0 aliphatic heterocycles. The highest BCUT2D eigenvalue weighted by Gasteiger charge is 2.35. The standard InChI is InChI=1S/C15H24BrNO2S/c1-7-17(20(18)15(3,4)5)11(2)12-8-9-14(19-6)13(16)10-12/h8-11H,7H2,1-6H3/t11-,20?/m1/s1. The number of methoxy groups -OCH3 is 1. The fourth-order valence-corrected chi connectivity index (χ4v) is 3.90. The van der Waals surface area contributed by atoms with Crippen LogP contribution in [0, 0.1) is 0 Å². The Balaban J connectivity index is 3.02. The van der Waals surface area contributed by atoms with Gasteiger partial charge in [0.25, 0.3) is 0 Å². The van der Waals surface area contributed by atoms with Crippen molar-refractivity contribution in [2.75, 3.05) is 13.7 Å². The Morgan fingerprint density at radius 2 is 2.00 bits per heavy atom.